The number of hydrogen-bond acceptors (Lipinski definition) is 3. The van der Waals surface area contributed by atoms with Crippen LogP contribution in [0.2, 0.25) is 0 Å². The summed E-state index contributed by atoms with van der Waals surface area (Å²) in [6.07, 6.45) is 1.39. The highest BCUT2D eigenvalue weighted by Crippen LogP contribution is 2.16. The van der Waals surface area contributed by atoms with E-state index in [1.54, 1.807) is 6.07 Å². The van der Waals surface area contributed by atoms with E-state index in [4.69, 9.17) is 9.52 Å². The highest BCUT2D eigenvalue weighted by Gasteiger charge is 2.13. The highest BCUT2D eigenvalue weighted by molar-refractivity contribution is 5.86. The third-order valence-electron chi connectivity index (χ3n) is 2.56. The summed E-state index contributed by atoms with van der Waals surface area (Å²) in [5.74, 6) is -1.05. The Bertz CT molecular complexity index is 531. The number of benzene rings is 1. The lowest BCUT2D eigenvalue weighted by Crippen LogP contribution is -2.05. The molecule has 0 fully saturated rings. The summed E-state index contributed by atoms with van der Waals surface area (Å²) in [4.78, 5) is 10.8. The predicted molar refractivity (Wildman–Crippen MR) is 64.2 cm³/mol. The molecule has 17 heavy (non-hydrogen) atoms. The van der Waals surface area contributed by atoms with E-state index in [2.05, 4.69) is 5.32 Å². The molecule has 2 N–H and O–H groups in total. The zero-order chi connectivity index (χ0) is 12.3. The molecule has 0 bridgehead atoms. The van der Waals surface area contributed by atoms with Crippen LogP contribution >= 0.6 is 0 Å². The quantitative estimate of drug-likeness (QED) is 0.849. The van der Waals surface area contributed by atoms with E-state index in [9.17, 15) is 4.79 Å². The largest absolute Gasteiger partial charge is 0.475 e. The molecule has 4 heteroatoms. The molecule has 0 aliphatic heterocycles. The Balaban J connectivity index is 2.10. The minimum absolute atomic E-state index is 0.00826. The summed E-state index contributed by atoms with van der Waals surface area (Å²) in [6.45, 7) is 2.43. The Labute approximate surface area is 98.9 Å². The normalized spacial score (nSPS) is 10.2. The van der Waals surface area contributed by atoms with Gasteiger partial charge in [0.15, 0.2) is 0 Å². The van der Waals surface area contributed by atoms with Crippen LogP contribution in [0.4, 0.5) is 5.69 Å². The van der Waals surface area contributed by atoms with E-state index in [0.29, 0.717) is 12.1 Å². The maximum absolute atomic E-state index is 10.8. The number of anilines is 1. The highest BCUT2D eigenvalue weighted by atomic mass is 16.4. The Morgan fingerprint density at radius 2 is 2.12 bits per heavy atom. The fourth-order valence-corrected chi connectivity index (χ4v) is 1.62. The fraction of sp³-hybridized carbons (Fsp3) is 0.154. The van der Waals surface area contributed by atoms with Gasteiger partial charge in [-0.3, -0.25) is 0 Å². The van der Waals surface area contributed by atoms with Crippen molar-refractivity contribution in [1.82, 2.24) is 0 Å². The number of carboxylic acids is 1. The van der Waals surface area contributed by atoms with E-state index >= 15 is 0 Å². The first-order chi connectivity index (χ1) is 8.18. The lowest BCUT2D eigenvalue weighted by Gasteiger charge is -2.08. The Hall–Kier alpha value is -2.23. The average Bonchev–Trinajstić information content (AvgIpc) is 2.76. The van der Waals surface area contributed by atoms with Crippen LogP contribution in [-0.4, -0.2) is 11.1 Å². The van der Waals surface area contributed by atoms with Crippen molar-refractivity contribution in [1.29, 1.82) is 0 Å². The summed E-state index contributed by atoms with van der Waals surface area (Å²) in [5, 5.41) is 12.1. The van der Waals surface area contributed by atoms with Crippen molar-refractivity contribution in [2.75, 3.05) is 5.32 Å². The molecule has 0 atom stereocenters. The fourth-order valence-electron chi connectivity index (χ4n) is 1.62. The summed E-state index contributed by atoms with van der Waals surface area (Å²) in [5.41, 5.74) is 2.75. The molecule has 2 rings (SSSR count). The maximum atomic E-state index is 10.8. The van der Waals surface area contributed by atoms with E-state index in [-0.39, 0.29) is 5.76 Å². The second kappa shape index (κ2) is 4.74. The standard InChI is InChI=1S/C13H13NO3/c1-9-4-2-3-5-11(9)14-8-10-6-7-17-12(10)13(15)16/h2-7,14H,8H2,1H3,(H,15,16). The van der Waals surface area contributed by atoms with Crippen LogP contribution in [-0.2, 0) is 6.54 Å². The van der Waals surface area contributed by atoms with Crippen LogP contribution in [0.5, 0.6) is 0 Å². The van der Waals surface area contributed by atoms with Crippen molar-refractivity contribution in [2.45, 2.75) is 13.5 Å². The average molecular weight is 231 g/mol. The minimum atomic E-state index is -1.04. The molecule has 0 saturated heterocycles. The first kappa shape index (κ1) is 11.3. The number of aromatic carboxylic acids is 1. The number of carbonyl (C=O) groups is 1. The van der Waals surface area contributed by atoms with Gasteiger partial charge in [-0.1, -0.05) is 18.2 Å². The van der Waals surface area contributed by atoms with Crippen molar-refractivity contribution in [3.63, 3.8) is 0 Å². The molecule has 88 valence electrons. The minimum Gasteiger partial charge on any atom is -0.475 e. The van der Waals surface area contributed by atoms with Crippen LogP contribution < -0.4 is 5.32 Å². The summed E-state index contributed by atoms with van der Waals surface area (Å²) in [7, 11) is 0. The zero-order valence-electron chi connectivity index (χ0n) is 9.43. The number of furan rings is 1. The van der Waals surface area contributed by atoms with Crippen LogP contribution in [0.3, 0.4) is 0 Å². The number of nitrogens with one attached hydrogen (secondary N) is 1. The summed E-state index contributed by atoms with van der Waals surface area (Å²) in [6, 6.07) is 9.50. The van der Waals surface area contributed by atoms with Gasteiger partial charge in [0.2, 0.25) is 5.76 Å². The topological polar surface area (TPSA) is 62.5 Å². The number of aryl methyl sites for hydroxylation is 1. The van der Waals surface area contributed by atoms with Gasteiger partial charge in [0, 0.05) is 17.8 Å². The second-order valence-corrected chi connectivity index (χ2v) is 3.75. The lowest BCUT2D eigenvalue weighted by molar-refractivity contribution is 0.0661. The number of carboxylic acid groups (broad SMARTS) is 1. The van der Waals surface area contributed by atoms with E-state index < -0.39 is 5.97 Å². The lowest BCUT2D eigenvalue weighted by atomic mass is 10.2. The van der Waals surface area contributed by atoms with Crippen molar-refractivity contribution in [2.24, 2.45) is 0 Å². The Kier molecular flexibility index (Phi) is 3.14. The van der Waals surface area contributed by atoms with Gasteiger partial charge in [-0.25, -0.2) is 4.79 Å². The molecule has 0 aliphatic rings. The molecule has 0 unspecified atom stereocenters. The molecule has 1 aromatic heterocycles. The molecule has 1 heterocycles. The van der Waals surface area contributed by atoms with Gasteiger partial charge < -0.3 is 14.8 Å². The monoisotopic (exact) mass is 231 g/mol. The van der Waals surface area contributed by atoms with Crippen molar-refractivity contribution in [3.8, 4) is 0 Å². The summed E-state index contributed by atoms with van der Waals surface area (Å²) < 4.78 is 4.91. The van der Waals surface area contributed by atoms with E-state index in [1.165, 1.54) is 6.26 Å². The van der Waals surface area contributed by atoms with Crippen molar-refractivity contribution >= 4 is 11.7 Å². The van der Waals surface area contributed by atoms with Gasteiger partial charge in [0.25, 0.3) is 0 Å². The smallest absolute Gasteiger partial charge is 0.372 e. The number of rotatable bonds is 4. The maximum Gasteiger partial charge on any atom is 0.372 e. The van der Waals surface area contributed by atoms with Gasteiger partial charge in [0.1, 0.15) is 0 Å². The first-order valence-electron chi connectivity index (χ1n) is 5.27. The van der Waals surface area contributed by atoms with Gasteiger partial charge in [-0.05, 0) is 24.6 Å². The van der Waals surface area contributed by atoms with Gasteiger partial charge in [-0.2, -0.15) is 0 Å². The SMILES string of the molecule is Cc1ccccc1NCc1ccoc1C(=O)O. The van der Waals surface area contributed by atoms with Gasteiger partial charge in [-0.15, -0.1) is 0 Å². The Morgan fingerprint density at radius 3 is 2.82 bits per heavy atom. The van der Waals surface area contributed by atoms with E-state index in [0.717, 1.165) is 11.3 Å². The van der Waals surface area contributed by atoms with Gasteiger partial charge in [0.05, 0.1) is 6.26 Å². The third-order valence-corrected chi connectivity index (χ3v) is 2.56. The second-order valence-electron chi connectivity index (χ2n) is 3.75. The third kappa shape index (κ3) is 2.47. The summed E-state index contributed by atoms with van der Waals surface area (Å²) >= 11 is 0. The van der Waals surface area contributed by atoms with Crippen LogP contribution in [0, 0.1) is 6.92 Å². The molecule has 0 amide bonds. The van der Waals surface area contributed by atoms with Crippen LogP contribution in [0.25, 0.3) is 0 Å². The first-order valence-corrected chi connectivity index (χ1v) is 5.27. The molecule has 0 aliphatic carbocycles. The number of hydrogen-bond donors (Lipinski definition) is 2. The van der Waals surface area contributed by atoms with Crippen molar-refractivity contribution < 1.29 is 14.3 Å². The van der Waals surface area contributed by atoms with E-state index in [1.807, 2.05) is 31.2 Å². The van der Waals surface area contributed by atoms with Gasteiger partial charge >= 0.3 is 5.97 Å². The van der Waals surface area contributed by atoms with Crippen LogP contribution in [0.15, 0.2) is 41.0 Å². The molecule has 0 saturated carbocycles. The van der Waals surface area contributed by atoms with Crippen molar-refractivity contribution in [3.05, 3.63) is 53.5 Å². The molecular weight excluding hydrogens is 218 g/mol. The number of para-hydroxylation sites is 1. The zero-order valence-corrected chi connectivity index (χ0v) is 9.43. The molecule has 0 radical (unpaired) electrons. The molecule has 1 aromatic carbocycles. The molecular formula is C13H13NO3. The molecule has 4 nitrogen and oxygen atoms in total. The Morgan fingerprint density at radius 1 is 1.35 bits per heavy atom. The molecule has 0 spiro atoms. The molecule has 2 aromatic rings. The van der Waals surface area contributed by atoms with Crippen LogP contribution in [0.1, 0.15) is 21.7 Å². The predicted octanol–water partition coefficient (Wildman–Crippen LogP) is 2.90.